The molecule has 1 fully saturated rings. The first-order valence-corrected chi connectivity index (χ1v) is 17.2. The van der Waals surface area contributed by atoms with Crippen LogP contribution in [0.25, 0.3) is 33.1 Å². The van der Waals surface area contributed by atoms with Crippen molar-refractivity contribution in [3.05, 3.63) is 113 Å². The number of rotatable bonds is 11. The summed E-state index contributed by atoms with van der Waals surface area (Å²) in [6.45, 7) is 4.80. The second-order valence-electron chi connectivity index (χ2n) is 11.9. The lowest BCUT2D eigenvalue weighted by Gasteiger charge is -2.26. The predicted molar refractivity (Wildman–Crippen MR) is 197 cm³/mol. The Morgan fingerprint density at radius 2 is 1.73 bits per heavy atom. The third-order valence-corrected chi connectivity index (χ3v) is 9.29. The molecule has 1 N–H and O–H groups in total. The molecule has 0 bridgehead atoms. The molecular weight excluding hydrogens is 694 g/mol. The van der Waals surface area contributed by atoms with Gasteiger partial charge in [-0.3, -0.25) is 14.7 Å². The molecule has 0 atom stereocenters. The van der Waals surface area contributed by atoms with E-state index in [2.05, 4.69) is 15.2 Å². The first-order valence-electron chi connectivity index (χ1n) is 16.4. The highest BCUT2D eigenvalue weighted by atomic mass is 35.5. The summed E-state index contributed by atoms with van der Waals surface area (Å²) in [7, 11) is 1.56. The van der Waals surface area contributed by atoms with Gasteiger partial charge >= 0.3 is 0 Å². The van der Waals surface area contributed by atoms with Crippen molar-refractivity contribution in [3.8, 4) is 34.3 Å². The van der Waals surface area contributed by atoms with Gasteiger partial charge in [-0.25, -0.2) is 9.37 Å². The highest BCUT2D eigenvalue weighted by molar-refractivity contribution is 6.42. The number of hydrogen-bond acceptors (Lipinski definition) is 8. The second-order valence-corrected chi connectivity index (χ2v) is 12.7. The van der Waals surface area contributed by atoms with E-state index in [9.17, 15) is 4.79 Å². The Bertz CT molecular complexity index is 2230. The number of ether oxygens (including phenoxy) is 4. The zero-order chi connectivity index (χ0) is 35.3. The quantitative estimate of drug-likeness (QED) is 0.132. The summed E-state index contributed by atoms with van der Waals surface area (Å²) in [5.41, 5.74) is 3.06. The lowest BCUT2D eigenvalue weighted by atomic mass is 10.0. The van der Waals surface area contributed by atoms with E-state index in [1.54, 1.807) is 61.8 Å². The summed E-state index contributed by atoms with van der Waals surface area (Å²) in [6, 6.07) is 23.6. The fourth-order valence-electron chi connectivity index (χ4n) is 5.93. The zero-order valence-electron chi connectivity index (χ0n) is 27.6. The average molecular weight is 728 g/mol. The number of nitrogens with one attached hydrogen (secondary N) is 1. The summed E-state index contributed by atoms with van der Waals surface area (Å²) in [4.78, 5) is 25.2. The number of nitrogens with zero attached hydrogens (tertiary/aromatic N) is 3. The molecule has 1 aliphatic rings. The van der Waals surface area contributed by atoms with Crippen LogP contribution in [-0.4, -0.2) is 67.3 Å². The van der Waals surface area contributed by atoms with Crippen LogP contribution >= 0.6 is 23.2 Å². The molecule has 4 aromatic carbocycles. The molecule has 1 aliphatic heterocycles. The molecule has 6 aromatic rings. The average Bonchev–Trinajstić information content (AvgIpc) is 3.15. The van der Waals surface area contributed by atoms with Crippen LogP contribution in [-0.2, 0) is 4.74 Å². The number of carbonyl (C=O) groups is 1. The number of methoxy groups -OCH3 is 1. The Hall–Kier alpha value is -5.00. The highest BCUT2D eigenvalue weighted by Gasteiger charge is 2.18. The van der Waals surface area contributed by atoms with Gasteiger partial charge in [0.15, 0.2) is 23.1 Å². The number of hydrogen-bond donors (Lipinski definition) is 1. The molecule has 0 spiro atoms. The molecule has 1 amide bonds. The minimum absolute atomic E-state index is 0.0285. The predicted octanol–water partition coefficient (Wildman–Crippen LogP) is 9.05. The Morgan fingerprint density at radius 1 is 0.882 bits per heavy atom. The van der Waals surface area contributed by atoms with Gasteiger partial charge in [-0.05, 0) is 55.0 Å². The van der Waals surface area contributed by atoms with Gasteiger partial charge in [-0.15, -0.1) is 0 Å². The first-order chi connectivity index (χ1) is 24.9. The van der Waals surface area contributed by atoms with Gasteiger partial charge in [-0.1, -0.05) is 47.5 Å². The van der Waals surface area contributed by atoms with E-state index in [0.29, 0.717) is 72.5 Å². The fourth-order valence-corrected chi connectivity index (χ4v) is 6.23. The maximum Gasteiger partial charge on any atom is 0.256 e. The third kappa shape index (κ3) is 7.84. The van der Waals surface area contributed by atoms with Crippen LogP contribution in [0.3, 0.4) is 0 Å². The van der Waals surface area contributed by atoms with Crippen molar-refractivity contribution >= 4 is 56.6 Å². The standard InChI is InChI=1S/C39H33Cl2FN4O5/c1-48-37-22-28-34(23-38(37)50-16-4-13-46-14-17-49-18-15-46)43-12-11-35(28)51-36-10-8-25(20-31(36)42)44-39(47)27-21-33(24-7-9-29(40)30(41)19-24)45-32-6-3-2-5-26(27)32/h2-3,5-12,19-23H,4,13-18H2,1H3,(H,44,47). The zero-order valence-corrected chi connectivity index (χ0v) is 29.1. The minimum atomic E-state index is -0.666. The lowest BCUT2D eigenvalue weighted by Crippen LogP contribution is -2.37. The Morgan fingerprint density at radius 3 is 2.53 bits per heavy atom. The first kappa shape index (κ1) is 34.4. The molecule has 1 saturated heterocycles. The Kier molecular flexibility index (Phi) is 10.5. The molecule has 12 heteroatoms. The van der Waals surface area contributed by atoms with Crippen LogP contribution < -0.4 is 19.5 Å². The van der Waals surface area contributed by atoms with E-state index in [4.69, 9.17) is 47.1 Å². The number of amides is 1. The highest BCUT2D eigenvalue weighted by Crippen LogP contribution is 2.38. The number of para-hydroxylation sites is 1. The van der Waals surface area contributed by atoms with E-state index < -0.39 is 11.7 Å². The van der Waals surface area contributed by atoms with Crippen LogP contribution in [0.15, 0.2) is 91.1 Å². The molecule has 7 rings (SSSR count). The monoisotopic (exact) mass is 726 g/mol. The van der Waals surface area contributed by atoms with Crippen LogP contribution in [0.2, 0.25) is 10.0 Å². The van der Waals surface area contributed by atoms with Gasteiger partial charge in [0.2, 0.25) is 0 Å². The summed E-state index contributed by atoms with van der Waals surface area (Å²) in [6.07, 6.45) is 2.44. The molecular formula is C39H33Cl2FN4O5. The summed E-state index contributed by atoms with van der Waals surface area (Å²) < 4.78 is 38.7. The SMILES string of the molecule is COc1cc2c(Oc3ccc(NC(=O)c4cc(-c5ccc(Cl)c(Cl)c5)nc5ccccc45)cc3F)ccnc2cc1OCCCN1CCOCC1. The molecule has 51 heavy (non-hydrogen) atoms. The third-order valence-electron chi connectivity index (χ3n) is 8.55. The van der Waals surface area contributed by atoms with Crippen LogP contribution in [0.4, 0.5) is 10.1 Å². The fraction of sp³-hybridized carbons (Fsp3) is 0.205. The number of halogens is 3. The topological polar surface area (TPSA) is 95.0 Å². The van der Waals surface area contributed by atoms with Gasteiger partial charge in [0.05, 0.1) is 59.3 Å². The maximum absolute atomic E-state index is 15.5. The van der Waals surface area contributed by atoms with Crippen LogP contribution in [0.1, 0.15) is 16.8 Å². The van der Waals surface area contributed by atoms with Crippen molar-refractivity contribution in [1.82, 2.24) is 14.9 Å². The summed E-state index contributed by atoms with van der Waals surface area (Å²) >= 11 is 12.4. The normalized spacial score (nSPS) is 13.3. The van der Waals surface area contributed by atoms with Crippen molar-refractivity contribution in [2.75, 3.05) is 51.9 Å². The number of anilines is 1. The van der Waals surface area contributed by atoms with Crippen molar-refractivity contribution in [2.45, 2.75) is 6.42 Å². The van der Waals surface area contributed by atoms with Crippen LogP contribution in [0.5, 0.6) is 23.0 Å². The van der Waals surface area contributed by atoms with E-state index >= 15 is 4.39 Å². The van der Waals surface area contributed by atoms with E-state index in [1.807, 2.05) is 24.3 Å². The molecule has 0 radical (unpaired) electrons. The van der Waals surface area contributed by atoms with E-state index in [-0.39, 0.29) is 11.4 Å². The molecule has 9 nitrogen and oxygen atoms in total. The number of benzene rings is 4. The molecule has 3 heterocycles. The summed E-state index contributed by atoms with van der Waals surface area (Å²) in [5, 5.41) is 4.86. The smallest absolute Gasteiger partial charge is 0.256 e. The van der Waals surface area contributed by atoms with Gasteiger partial charge < -0.3 is 24.3 Å². The second kappa shape index (κ2) is 15.5. The number of aromatic nitrogens is 2. The minimum Gasteiger partial charge on any atom is -0.493 e. The number of carbonyl (C=O) groups excluding carboxylic acids is 1. The number of fused-ring (bicyclic) bond motifs is 2. The van der Waals surface area contributed by atoms with Crippen LogP contribution in [0, 0.1) is 5.82 Å². The van der Waals surface area contributed by atoms with Gasteiger partial charge in [0.25, 0.3) is 5.91 Å². The number of pyridine rings is 2. The molecule has 2 aromatic heterocycles. The van der Waals surface area contributed by atoms with Gasteiger partial charge in [0.1, 0.15) is 5.75 Å². The summed E-state index contributed by atoms with van der Waals surface area (Å²) in [5.74, 6) is 0.325. The largest absolute Gasteiger partial charge is 0.493 e. The van der Waals surface area contributed by atoms with Crippen molar-refractivity contribution in [3.63, 3.8) is 0 Å². The van der Waals surface area contributed by atoms with Crippen molar-refractivity contribution in [1.29, 1.82) is 0 Å². The van der Waals surface area contributed by atoms with Gasteiger partial charge in [-0.2, -0.15) is 0 Å². The maximum atomic E-state index is 15.5. The Balaban J connectivity index is 1.08. The van der Waals surface area contributed by atoms with E-state index in [1.165, 1.54) is 12.1 Å². The Labute approximate surface area is 303 Å². The number of morpholine rings is 1. The van der Waals surface area contributed by atoms with E-state index in [0.717, 1.165) is 39.3 Å². The molecule has 0 unspecified atom stereocenters. The lowest BCUT2D eigenvalue weighted by molar-refractivity contribution is 0.0357. The molecule has 260 valence electrons. The van der Waals surface area contributed by atoms with Crippen molar-refractivity contribution in [2.24, 2.45) is 0 Å². The van der Waals surface area contributed by atoms with Crippen molar-refractivity contribution < 1.29 is 28.1 Å². The molecule has 0 aliphatic carbocycles. The molecule has 0 saturated carbocycles. The van der Waals surface area contributed by atoms with Gasteiger partial charge in [0, 0.05) is 60.0 Å².